The minimum Gasteiger partial charge on any atom is -0.439 e. The van der Waals surface area contributed by atoms with Crippen LogP contribution in [-0.2, 0) is 6.54 Å². The van der Waals surface area contributed by atoms with E-state index < -0.39 is 0 Å². The first kappa shape index (κ1) is 14.4. The smallest absolute Gasteiger partial charge is 0.209 e. The quantitative estimate of drug-likeness (QED) is 0.856. The molecule has 2 N–H and O–H groups in total. The van der Waals surface area contributed by atoms with Crippen LogP contribution in [0.25, 0.3) is 11.1 Å². The lowest BCUT2D eigenvalue weighted by atomic mass is 9.75. The third-order valence-corrected chi connectivity index (χ3v) is 4.67. The van der Waals surface area contributed by atoms with Crippen LogP contribution in [0.15, 0.2) is 22.6 Å². The molecule has 1 aromatic heterocycles. The third kappa shape index (κ3) is 3.05. The van der Waals surface area contributed by atoms with Gasteiger partial charge in [-0.15, -0.1) is 0 Å². The predicted octanol–water partition coefficient (Wildman–Crippen LogP) is 3.67. The number of piperidine rings is 1. The number of rotatable bonds is 2. The molecule has 0 amide bonds. The van der Waals surface area contributed by atoms with Gasteiger partial charge in [-0.05, 0) is 49.4 Å². The van der Waals surface area contributed by atoms with Crippen molar-refractivity contribution in [3.05, 3.63) is 24.1 Å². The first-order chi connectivity index (χ1) is 9.93. The van der Waals surface area contributed by atoms with Crippen LogP contribution in [0.5, 0.6) is 0 Å². The molecule has 1 aliphatic heterocycles. The molecule has 0 atom stereocenters. The highest BCUT2D eigenvalue weighted by Crippen LogP contribution is 2.34. The average Bonchev–Trinajstić information content (AvgIpc) is 2.82. The number of aromatic nitrogens is 1. The van der Waals surface area contributed by atoms with E-state index in [0.29, 0.717) is 11.1 Å². The summed E-state index contributed by atoms with van der Waals surface area (Å²) < 4.78 is 5.81. The van der Waals surface area contributed by atoms with Gasteiger partial charge in [0, 0.05) is 0 Å². The second-order valence-corrected chi connectivity index (χ2v) is 7.22. The summed E-state index contributed by atoms with van der Waals surface area (Å²) in [6.45, 7) is 10.1. The van der Waals surface area contributed by atoms with Crippen LogP contribution >= 0.6 is 0 Å². The number of para-hydroxylation sites is 1. The number of hydrogen-bond donors (Lipinski definition) is 1. The summed E-state index contributed by atoms with van der Waals surface area (Å²) in [5, 5.41) is 0. The molecule has 3 rings (SSSR count). The summed E-state index contributed by atoms with van der Waals surface area (Å²) in [7, 11) is 0. The number of nitrogens with zero attached hydrogens (tertiary/aromatic N) is 2. The fraction of sp³-hybridized carbons (Fsp3) is 0.588. The van der Waals surface area contributed by atoms with Crippen molar-refractivity contribution in [1.29, 1.82) is 0 Å². The lowest BCUT2D eigenvalue weighted by molar-refractivity contribution is 0.102. The second-order valence-electron chi connectivity index (χ2n) is 7.22. The van der Waals surface area contributed by atoms with E-state index in [1.54, 1.807) is 0 Å². The van der Waals surface area contributed by atoms with Crippen molar-refractivity contribution in [1.82, 2.24) is 9.88 Å². The highest BCUT2D eigenvalue weighted by Gasteiger charge is 2.29. The van der Waals surface area contributed by atoms with Crippen LogP contribution in [0.4, 0.5) is 5.69 Å². The lowest BCUT2D eigenvalue weighted by Crippen LogP contribution is -2.37. The van der Waals surface area contributed by atoms with Crippen LogP contribution in [-0.4, -0.2) is 23.0 Å². The molecule has 1 fully saturated rings. The Kier molecular flexibility index (Phi) is 3.66. The molecule has 1 saturated heterocycles. The van der Waals surface area contributed by atoms with Crippen molar-refractivity contribution in [2.45, 2.75) is 40.2 Å². The summed E-state index contributed by atoms with van der Waals surface area (Å²) in [4.78, 5) is 6.97. The van der Waals surface area contributed by atoms with Gasteiger partial charge in [0.15, 0.2) is 5.58 Å². The van der Waals surface area contributed by atoms with Crippen molar-refractivity contribution in [2.75, 3.05) is 18.8 Å². The Hall–Kier alpha value is -1.55. The van der Waals surface area contributed by atoms with Gasteiger partial charge in [-0.1, -0.05) is 26.8 Å². The minimum absolute atomic E-state index is 0.415. The van der Waals surface area contributed by atoms with E-state index >= 15 is 0 Å². The number of likely N-dealkylation sites (tertiary alicyclic amines) is 1. The Morgan fingerprint density at radius 2 is 2.00 bits per heavy atom. The molecule has 2 aromatic rings. The Bertz CT molecular complexity index is 618. The summed E-state index contributed by atoms with van der Waals surface area (Å²) in [6, 6.07) is 5.69. The second kappa shape index (κ2) is 5.34. The maximum absolute atomic E-state index is 5.93. The molecule has 114 valence electrons. The fourth-order valence-corrected chi connectivity index (χ4v) is 3.23. The van der Waals surface area contributed by atoms with E-state index in [-0.39, 0.29) is 0 Å². The van der Waals surface area contributed by atoms with Crippen LogP contribution < -0.4 is 5.73 Å². The zero-order chi connectivity index (χ0) is 15.0. The molecule has 4 nitrogen and oxygen atoms in total. The van der Waals surface area contributed by atoms with Gasteiger partial charge < -0.3 is 10.2 Å². The van der Waals surface area contributed by atoms with Crippen LogP contribution in [0.3, 0.4) is 0 Å². The third-order valence-electron chi connectivity index (χ3n) is 4.67. The summed E-state index contributed by atoms with van der Waals surface area (Å²) in [5.74, 6) is 1.59. The zero-order valence-electron chi connectivity index (χ0n) is 13.2. The van der Waals surface area contributed by atoms with Crippen molar-refractivity contribution in [3.63, 3.8) is 0 Å². The number of anilines is 1. The fourth-order valence-electron chi connectivity index (χ4n) is 3.23. The molecule has 0 unspecified atom stereocenters. The van der Waals surface area contributed by atoms with Crippen molar-refractivity contribution >= 4 is 16.8 Å². The Labute approximate surface area is 126 Å². The summed E-state index contributed by atoms with van der Waals surface area (Å²) >= 11 is 0. The SMILES string of the molecule is CC(C)(C)C1CCN(Cc2nc3c(N)cccc3o2)CC1. The average molecular weight is 287 g/mol. The molecule has 2 heterocycles. The van der Waals surface area contributed by atoms with Gasteiger partial charge >= 0.3 is 0 Å². The van der Waals surface area contributed by atoms with Crippen molar-refractivity contribution in [2.24, 2.45) is 11.3 Å². The van der Waals surface area contributed by atoms with Crippen LogP contribution in [0.1, 0.15) is 39.5 Å². The topological polar surface area (TPSA) is 55.3 Å². The number of fused-ring (bicyclic) bond motifs is 1. The standard InChI is InChI=1S/C17H25N3O/c1-17(2,3)12-7-9-20(10-8-12)11-15-19-16-13(18)5-4-6-14(16)21-15/h4-6,12H,7-11,18H2,1-3H3. The highest BCUT2D eigenvalue weighted by molar-refractivity contribution is 5.85. The normalized spacial score (nSPS) is 18.4. The lowest BCUT2D eigenvalue weighted by Gasteiger charge is -2.38. The number of nitrogen functional groups attached to an aromatic ring is 1. The Balaban J connectivity index is 1.66. The van der Waals surface area contributed by atoms with E-state index in [2.05, 4.69) is 30.7 Å². The molecule has 4 heteroatoms. The molecule has 0 bridgehead atoms. The van der Waals surface area contributed by atoms with Gasteiger partial charge in [0.1, 0.15) is 5.52 Å². The molecule has 0 spiro atoms. The van der Waals surface area contributed by atoms with Gasteiger partial charge in [-0.2, -0.15) is 0 Å². The van der Waals surface area contributed by atoms with Gasteiger partial charge in [-0.25, -0.2) is 4.98 Å². The molecule has 1 aliphatic rings. The maximum atomic E-state index is 5.93. The minimum atomic E-state index is 0.415. The number of benzene rings is 1. The van der Waals surface area contributed by atoms with Crippen LogP contribution in [0, 0.1) is 11.3 Å². The van der Waals surface area contributed by atoms with Gasteiger partial charge in [-0.3, -0.25) is 4.90 Å². The predicted molar refractivity (Wildman–Crippen MR) is 85.9 cm³/mol. The Morgan fingerprint density at radius 1 is 1.29 bits per heavy atom. The number of oxazole rings is 1. The van der Waals surface area contributed by atoms with Gasteiger partial charge in [0.25, 0.3) is 0 Å². The molecule has 21 heavy (non-hydrogen) atoms. The molecule has 0 saturated carbocycles. The van der Waals surface area contributed by atoms with E-state index in [1.807, 2.05) is 18.2 Å². The van der Waals surface area contributed by atoms with E-state index in [0.717, 1.165) is 42.5 Å². The van der Waals surface area contributed by atoms with E-state index in [4.69, 9.17) is 10.2 Å². The first-order valence-corrected chi connectivity index (χ1v) is 7.80. The number of hydrogen-bond acceptors (Lipinski definition) is 4. The van der Waals surface area contributed by atoms with E-state index in [1.165, 1.54) is 12.8 Å². The molecule has 0 aliphatic carbocycles. The zero-order valence-corrected chi connectivity index (χ0v) is 13.2. The highest BCUT2D eigenvalue weighted by atomic mass is 16.3. The van der Waals surface area contributed by atoms with Crippen LogP contribution in [0.2, 0.25) is 0 Å². The molecule has 0 radical (unpaired) electrons. The molecular formula is C17H25N3O. The molecule has 1 aromatic carbocycles. The first-order valence-electron chi connectivity index (χ1n) is 7.80. The number of nitrogens with two attached hydrogens (primary N) is 1. The van der Waals surface area contributed by atoms with Crippen molar-refractivity contribution in [3.8, 4) is 0 Å². The summed E-state index contributed by atoms with van der Waals surface area (Å²) in [5.41, 5.74) is 8.61. The Morgan fingerprint density at radius 3 is 2.62 bits per heavy atom. The van der Waals surface area contributed by atoms with Crippen molar-refractivity contribution < 1.29 is 4.42 Å². The van der Waals surface area contributed by atoms with Gasteiger partial charge in [0.05, 0.1) is 12.2 Å². The van der Waals surface area contributed by atoms with E-state index in [9.17, 15) is 0 Å². The van der Waals surface area contributed by atoms with Gasteiger partial charge in [0.2, 0.25) is 5.89 Å². The summed E-state index contributed by atoms with van der Waals surface area (Å²) in [6.07, 6.45) is 2.51. The molecular weight excluding hydrogens is 262 g/mol. The maximum Gasteiger partial charge on any atom is 0.209 e. The monoisotopic (exact) mass is 287 g/mol. The largest absolute Gasteiger partial charge is 0.439 e.